The van der Waals surface area contributed by atoms with E-state index in [0.29, 0.717) is 36.7 Å². The Kier molecular flexibility index (Phi) is 7.39. The van der Waals surface area contributed by atoms with Crippen molar-refractivity contribution < 1.29 is 17.7 Å². The molecule has 0 spiro atoms. The lowest BCUT2D eigenvalue weighted by Gasteiger charge is -2.29. The van der Waals surface area contributed by atoms with Gasteiger partial charge in [-0.3, -0.25) is 9.45 Å². The van der Waals surface area contributed by atoms with E-state index in [1.54, 1.807) is 6.20 Å². The van der Waals surface area contributed by atoms with Crippen molar-refractivity contribution in [1.29, 1.82) is 0 Å². The van der Waals surface area contributed by atoms with Crippen molar-refractivity contribution >= 4 is 48.7 Å². The number of morpholine rings is 1. The molecule has 2 aliphatic rings. The molecular weight excluding hydrogens is 490 g/mol. The fraction of sp³-hybridized carbons (Fsp3) is 0.545. The Morgan fingerprint density at radius 3 is 2.69 bits per heavy atom. The molecule has 1 aliphatic heterocycles. The summed E-state index contributed by atoms with van der Waals surface area (Å²) in [6.45, 7) is 3.84. The molecule has 35 heavy (non-hydrogen) atoms. The van der Waals surface area contributed by atoms with Crippen LogP contribution in [0, 0.1) is 5.92 Å². The third kappa shape index (κ3) is 6.82. The van der Waals surface area contributed by atoms with E-state index < -0.39 is 10.1 Å². The molecule has 11 nitrogen and oxygen atoms in total. The minimum Gasteiger partial charge on any atom is -0.379 e. The first-order valence-electron chi connectivity index (χ1n) is 11.8. The second-order valence-corrected chi connectivity index (χ2v) is 11.5. The number of pyridine rings is 1. The molecule has 1 saturated heterocycles. The van der Waals surface area contributed by atoms with Gasteiger partial charge in [-0.15, -0.1) is 0 Å². The van der Waals surface area contributed by atoms with Crippen molar-refractivity contribution in [3.63, 3.8) is 0 Å². The van der Waals surface area contributed by atoms with E-state index in [1.165, 1.54) is 11.3 Å². The van der Waals surface area contributed by atoms with Crippen LogP contribution in [-0.2, 0) is 21.4 Å². The van der Waals surface area contributed by atoms with Crippen LogP contribution in [-0.4, -0.2) is 75.9 Å². The van der Waals surface area contributed by atoms with E-state index >= 15 is 0 Å². The number of anilines is 3. The Balaban J connectivity index is 1.31. The van der Waals surface area contributed by atoms with Gasteiger partial charge in [-0.1, -0.05) is 11.3 Å². The zero-order valence-corrected chi connectivity index (χ0v) is 20.9. The van der Waals surface area contributed by atoms with Crippen molar-refractivity contribution in [3.8, 4) is 0 Å². The summed E-state index contributed by atoms with van der Waals surface area (Å²) in [4.78, 5) is 21.6. The Morgan fingerprint density at radius 2 is 1.94 bits per heavy atom. The molecule has 0 atom stereocenters. The predicted molar refractivity (Wildman–Crippen MR) is 135 cm³/mol. The molecule has 3 aromatic rings. The summed E-state index contributed by atoms with van der Waals surface area (Å²) < 4.78 is 37.0. The number of hydrogen-bond donors (Lipinski definition) is 3. The van der Waals surface area contributed by atoms with Gasteiger partial charge in [0.05, 0.1) is 24.7 Å². The monoisotopic (exact) mass is 519 g/mol. The molecule has 0 bridgehead atoms. The number of aromatic nitrogens is 4. The molecule has 0 radical (unpaired) electrons. The summed E-state index contributed by atoms with van der Waals surface area (Å²) in [7, 11) is -3.94. The average molecular weight is 520 g/mol. The lowest BCUT2D eigenvalue weighted by molar-refractivity contribution is 0.0336. The van der Waals surface area contributed by atoms with Crippen molar-refractivity contribution in [1.82, 2.24) is 24.8 Å². The van der Waals surface area contributed by atoms with Crippen LogP contribution in [0.3, 0.4) is 0 Å². The van der Waals surface area contributed by atoms with Gasteiger partial charge < -0.3 is 15.4 Å². The zero-order chi connectivity index (χ0) is 24.3. The maximum atomic E-state index is 11.2. The van der Waals surface area contributed by atoms with Crippen molar-refractivity contribution in [2.45, 2.75) is 38.3 Å². The van der Waals surface area contributed by atoms with Crippen LogP contribution in [0.15, 0.2) is 24.4 Å². The highest BCUT2D eigenvalue weighted by Gasteiger charge is 2.25. The van der Waals surface area contributed by atoms with Gasteiger partial charge in [-0.05, 0) is 43.7 Å². The number of thiazole rings is 1. The molecule has 4 heterocycles. The van der Waals surface area contributed by atoms with Gasteiger partial charge in [-0.2, -0.15) is 13.4 Å². The molecule has 2 fully saturated rings. The van der Waals surface area contributed by atoms with Crippen molar-refractivity contribution in [2.24, 2.45) is 5.92 Å². The summed E-state index contributed by atoms with van der Waals surface area (Å²) >= 11 is 1.47. The highest BCUT2D eigenvalue weighted by Crippen LogP contribution is 2.29. The molecule has 0 unspecified atom stereocenters. The average Bonchev–Trinajstić information content (AvgIpc) is 3.22. The second-order valence-electron chi connectivity index (χ2n) is 9.04. The summed E-state index contributed by atoms with van der Waals surface area (Å²) in [5.41, 5.74) is 1.73. The first-order chi connectivity index (χ1) is 16.9. The van der Waals surface area contributed by atoms with Gasteiger partial charge in [-0.25, -0.2) is 15.0 Å². The number of fused-ring (bicyclic) bond motifs is 1. The van der Waals surface area contributed by atoms with Crippen LogP contribution in [0.4, 0.5) is 16.9 Å². The van der Waals surface area contributed by atoms with Crippen LogP contribution in [0.2, 0.25) is 0 Å². The largest absolute Gasteiger partial charge is 0.379 e. The van der Waals surface area contributed by atoms with E-state index in [4.69, 9.17) is 19.3 Å². The minimum atomic E-state index is -3.94. The van der Waals surface area contributed by atoms with Crippen LogP contribution in [0.5, 0.6) is 0 Å². The van der Waals surface area contributed by atoms with Crippen LogP contribution >= 0.6 is 11.3 Å². The van der Waals surface area contributed by atoms with E-state index in [2.05, 4.69) is 25.5 Å². The molecule has 188 valence electrons. The van der Waals surface area contributed by atoms with Crippen molar-refractivity contribution in [2.75, 3.05) is 42.7 Å². The molecule has 1 saturated carbocycles. The smallest absolute Gasteiger partial charge is 0.265 e. The van der Waals surface area contributed by atoms with E-state index in [9.17, 15) is 8.42 Å². The Labute approximate surface area is 208 Å². The lowest BCUT2D eigenvalue weighted by atomic mass is 9.87. The molecule has 0 amide bonds. The molecule has 13 heteroatoms. The number of rotatable bonds is 8. The third-order valence-electron chi connectivity index (χ3n) is 6.30. The first kappa shape index (κ1) is 24.3. The number of nitrogens with zero attached hydrogens (tertiary/aromatic N) is 5. The van der Waals surface area contributed by atoms with E-state index in [0.717, 1.165) is 54.8 Å². The van der Waals surface area contributed by atoms with Gasteiger partial charge in [0.15, 0.2) is 5.13 Å². The fourth-order valence-corrected chi connectivity index (χ4v) is 6.33. The van der Waals surface area contributed by atoms with Gasteiger partial charge in [0.25, 0.3) is 10.1 Å². The van der Waals surface area contributed by atoms with E-state index in [1.807, 2.05) is 18.2 Å². The highest BCUT2D eigenvalue weighted by molar-refractivity contribution is 7.85. The number of hydrogen-bond acceptors (Lipinski definition) is 11. The van der Waals surface area contributed by atoms with Gasteiger partial charge in [0.1, 0.15) is 16.2 Å². The molecule has 1 aliphatic carbocycles. The number of ether oxygens (including phenoxy) is 1. The SMILES string of the molecule is O=S(=O)(O)CC1CCC(Nc2nc(CN3CCOCC3)cc(Nc3nc4cccnc4s3)n2)CC1. The molecule has 3 aromatic heterocycles. The summed E-state index contributed by atoms with van der Waals surface area (Å²) in [6.07, 6.45) is 4.80. The second kappa shape index (κ2) is 10.7. The molecular formula is C22H29N7O4S2. The summed E-state index contributed by atoms with van der Waals surface area (Å²) in [6, 6.07) is 5.89. The lowest BCUT2D eigenvalue weighted by Crippen LogP contribution is -2.36. The highest BCUT2D eigenvalue weighted by atomic mass is 32.2. The molecule has 0 aromatic carbocycles. The fourth-order valence-electron chi connectivity index (χ4n) is 4.58. The minimum absolute atomic E-state index is 0.0125. The van der Waals surface area contributed by atoms with Crippen LogP contribution in [0.1, 0.15) is 31.4 Å². The molecule has 5 rings (SSSR count). The quantitative estimate of drug-likeness (QED) is 0.378. The maximum Gasteiger partial charge on any atom is 0.265 e. The first-order valence-corrected chi connectivity index (χ1v) is 14.2. The van der Waals surface area contributed by atoms with E-state index in [-0.39, 0.29) is 17.7 Å². The van der Waals surface area contributed by atoms with Gasteiger partial charge in [0.2, 0.25) is 5.95 Å². The van der Waals surface area contributed by atoms with Gasteiger partial charge >= 0.3 is 0 Å². The topological polar surface area (TPSA) is 142 Å². The van der Waals surface area contributed by atoms with Crippen molar-refractivity contribution in [3.05, 3.63) is 30.1 Å². The zero-order valence-electron chi connectivity index (χ0n) is 19.3. The third-order valence-corrected chi connectivity index (χ3v) is 8.08. The summed E-state index contributed by atoms with van der Waals surface area (Å²) in [5, 5.41) is 7.48. The van der Waals surface area contributed by atoms with Gasteiger partial charge in [0, 0.05) is 37.9 Å². The summed E-state index contributed by atoms with van der Waals surface area (Å²) in [5.74, 6) is 1.01. The normalized spacial score (nSPS) is 21.7. The Bertz CT molecular complexity index is 1220. The maximum absolute atomic E-state index is 11.2. The van der Waals surface area contributed by atoms with Crippen LogP contribution in [0.25, 0.3) is 10.3 Å². The Morgan fingerprint density at radius 1 is 1.14 bits per heavy atom. The Hall–Kier alpha value is -2.45. The molecule has 3 N–H and O–H groups in total. The standard InChI is InChI=1S/C22H29N7O4S2/c30-35(31,32)14-15-3-5-16(6-4-15)24-21-25-17(13-29-8-10-33-11-9-29)12-19(27-21)28-22-26-18-2-1-7-23-20(18)34-22/h1-2,7,12,15-16H,3-6,8-11,13-14H2,(H,30,31,32)(H2,24,25,26,27,28). The van der Waals surface area contributed by atoms with Crippen LogP contribution < -0.4 is 10.6 Å². The number of nitrogens with one attached hydrogen (secondary N) is 2. The predicted octanol–water partition coefficient (Wildman–Crippen LogP) is 2.92.